The predicted octanol–water partition coefficient (Wildman–Crippen LogP) is 1.11. The number of nitrogens with zero attached hydrogens (tertiary/aromatic N) is 1. The number of hydrogen-bond acceptors (Lipinski definition) is 4. The van der Waals surface area contributed by atoms with E-state index < -0.39 is 0 Å². The van der Waals surface area contributed by atoms with Gasteiger partial charge in [-0.1, -0.05) is 12.1 Å². The van der Waals surface area contributed by atoms with E-state index in [0.29, 0.717) is 13.2 Å². The van der Waals surface area contributed by atoms with Crippen LogP contribution in [-0.4, -0.2) is 45.3 Å². The molecule has 0 amide bonds. The van der Waals surface area contributed by atoms with Gasteiger partial charge in [-0.2, -0.15) is 0 Å². The van der Waals surface area contributed by atoms with Gasteiger partial charge in [-0.15, -0.1) is 0 Å². The lowest BCUT2D eigenvalue weighted by atomic mass is 10.1. The molecule has 94 valence electrons. The summed E-state index contributed by atoms with van der Waals surface area (Å²) in [5, 5.41) is 3.41. The van der Waals surface area contributed by atoms with Crippen LogP contribution in [0, 0.1) is 0 Å². The van der Waals surface area contributed by atoms with E-state index in [9.17, 15) is 0 Å². The maximum absolute atomic E-state index is 5.66. The number of likely N-dealkylation sites (N-methyl/N-ethyl adjacent to an activating group) is 1. The Hall–Kier alpha value is -1.26. The Morgan fingerprint density at radius 3 is 2.88 bits per heavy atom. The molecular weight excluding hydrogens is 216 g/mol. The van der Waals surface area contributed by atoms with E-state index in [4.69, 9.17) is 9.47 Å². The second-order valence-electron chi connectivity index (χ2n) is 4.42. The van der Waals surface area contributed by atoms with Crippen molar-refractivity contribution in [1.29, 1.82) is 0 Å². The molecule has 2 rings (SSSR count). The molecule has 0 spiro atoms. The zero-order valence-electron chi connectivity index (χ0n) is 10.5. The van der Waals surface area contributed by atoms with Gasteiger partial charge in [-0.25, -0.2) is 0 Å². The van der Waals surface area contributed by atoms with Crippen molar-refractivity contribution in [2.24, 2.45) is 0 Å². The molecule has 1 aromatic rings. The molecule has 1 heterocycles. The third-order valence-electron chi connectivity index (χ3n) is 2.70. The summed E-state index contributed by atoms with van der Waals surface area (Å²) in [5.74, 6) is 1.76. The average molecular weight is 236 g/mol. The van der Waals surface area contributed by atoms with Crippen molar-refractivity contribution >= 4 is 0 Å². The molecular formula is C13H20N2O2. The lowest BCUT2D eigenvalue weighted by Gasteiger charge is -2.21. The molecule has 0 fully saturated rings. The summed E-state index contributed by atoms with van der Waals surface area (Å²) in [4.78, 5) is 2.16. The first-order valence-electron chi connectivity index (χ1n) is 6.00. The molecule has 0 atom stereocenters. The SMILES string of the molecule is CN(C)CCNCc1cccc2c1OCCO2. The second kappa shape index (κ2) is 5.89. The summed E-state index contributed by atoms with van der Waals surface area (Å²) in [6, 6.07) is 6.05. The maximum atomic E-state index is 5.66. The van der Waals surface area contributed by atoms with E-state index >= 15 is 0 Å². The van der Waals surface area contributed by atoms with E-state index in [1.165, 1.54) is 5.56 Å². The summed E-state index contributed by atoms with van der Waals surface area (Å²) >= 11 is 0. The Labute approximate surface area is 103 Å². The Kier molecular flexibility index (Phi) is 4.23. The summed E-state index contributed by atoms with van der Waals surface area (Å²) in [6.45, 7) is 4.11. The molecule has 0 unspecified atom stereocenters. The first kappa shape index (κ1) is 12.2. The summed E-state index contributed by atoms with van der Waals surface area (Å²) in [7, 11) is 4.14. The Morgan fingerprint density at radius 2 is 2.06 bits per heavy atom. The first-order chi connectivity index (χ1) is 8.27. The molecule has 1 N–H and O–H groups in total. The third-order valence-corrected chi connectivity index (χ3v) is 2.70. The fraction of sp³-hybridized carbons (Fsp3) is 0.538. The van der Waals surface area contributed by atoms with Crippen LogP contribution in [0.3, 0.4) is 0 Å². The topological polar surface area (TPSA) is 33.7 Å². The van der Waals surface area contributed by atoms with E-state index in [2.05, 4.69) is 30.4 Å². The monoisotopic (exact) mass is 236 g/mol. The number of benzene rings is 1. The van der Waals surface area contributed by atoms with Gasteiger partial charge in [0.25, 0.3) is 0 Å². The Morgan fingerprint density at radius 1 is 1.24 bits per heavy atom. The van der Waals surface area contributed by atoms with Crippen LogP contribution >= 0.6 is 0 Å². The molecule has 1 aliphatic heterocycles. The zero-order valence-corrected chi connectivity index (χ0v) is 10.5. The molecule has 17 heavy (non-hydrogen) atoms. The largest absolute Gasteiger partial charge is 0.486 e. The van der Waals surface area contributed by atoms with Crippen molar-refractivity contribution in [1.82, 2.24) is 10.2 Å². The van der Waals surface area contributed by atoms with Gasteiger partial charge in [0.1, 0.15) is 13.2 Å². The van der Waals surface area contributed by atoms with E-state index in [1.807, 2.05) is 12.1 Å². The van der Waals surface area contributed by atoms with Gasteiger partial charge in [0.15, 0.2) is 11.5 Å². The molecule has 0 saturated carbocycles. The van der Waals surface area contributed by atoms with Gasteiger partial charge in [0.2, 0.25) is 0 Å². The minimum Gasteiger partial charge on any atom is -0.486 e. The van der Waals surface area contributed by atoms with E-state index in [0.717, 1.165) is 31.1 Å². The van der Waals surface area contributed by atoms with Crippen LogP contribution in [0.2, 0.25) is 0 Å². The Balaban J connectivity index is 1.92. The van der Waals surface area contributed by atoms with Crippen LogP contribution in [0.25, 0.3) is 0 Å². The molecule has 4 nitrogen and oxygen atoms in total. The zero-order chi connectivity index (χ0) is 12.1. The lowest BCUT2D eigenvalue weighted by molar-refractivity contribution is 0.169. The molecule has 1 aliphatic rings. The molecule has 1 aromatic carbocycles. The molecule has 4 heteroatoms. The number of ether oxygens (including phenoxy) is 2. The quantitative estimate of drug-likeness (QED) is 0.777. The van der Waals surface area contributed by atoms with Crippen molar-refractivity contribution in [3.63, 3.8) is 0 Å². The number of para-hydroxylation sites is 1. The van der Waals surface area contributed by atoms with Crippen LogP contribution in [0.4, 0.5) is 0 Å². The number of hydrogen-bond donors (Lipinski definition) is 1. The molecule has 0 bridgehead atoms. The van der Waals surface area contributed by atoms with E-state index in [1.54, 1.807) is 0 Å². The van der Waals surface area contributed by atoms with E-state index in [-0.39, 0.29) is 0 Å². The predicted molar refractivity (Wildman–Crippen MR) is 67.7 cm³/mol. The smallest absolute Gasteiger partial charge is 0.165 e. The van der Waals surface area contributed by atoms with Crippen LogP contribution in [-0.2, 0) is 6.54 Å². The molecule has 0 radical (unpaired) electrons. The van der Waals surface area contributed by atoms with Gasteiger partial charge in [-0.3, -0.25) is 0 Å². The molecule has 0 aliphatic carbocycles. The van der Waals surface area contributed by atoms with Crippen molar-refractivity contribution in [3.05, 3.63) is 23.8 Å². The minimum atomic E-state index is 0.641. The van der Waals surface area contributed by atoms with Crippen LogP contribution in [0.1, 0.15) is 5.56 Å². The summed E-state index contributed by atoms with van der Waals surface area (Å²) in [5.41, 5.74) is 1.17. The normalized spacial score (nSPS) is 14.1. The third kappa shape index (κ3) is 3.35. The molecule has 0 aromatic heterocycles. The maximum Gasteiger partial charge on any atom is 0.165 e. The Bertz CT molecular complexity index is 366. The van der Waals surface area contributed by atoms with Crippen molar-refractivity contribution in [2.75, 3.05) is 40.4 Å². The fourth-order valence-electron chi connectivity index (χ4n) is 1.80. The van der Waals surface area contributed by atoms with Gasteiger partial charge in [-0.05, 0) is 20.2 Å². The second-order valence-corrected chi connectivity index (χ2v) is 4.42. The lowest BCUT2D eigenvalue weighted by Crippen LogP contribution is -2.26. The van der Waals surface area contributed by atoms with Crippen LogP contribution in [0.5, 0.6) is 11.5 Å². The standard InChI is InChI=1S/C13H20N2O2/c1-15(2)7-6-14-10-11-4-3-5-12-13(11)17-9-8-16-12/h3-5,14H,6-10H2,1-2H3. The van der Waals surface area contributed by atoms with Crippen LogP contribution < -0.4 is 14.8 Å². The number of rotatable bonds is 5. The molecule has 0 saturated heterocycles. The first-order valence-corrected chi connectivity index (χ1v) is 6.00. The van der Waals surface area contributed by atoms with Gasteiger partial charge in [0.05, 0.1) is 0 Å². The summed E-state index contributed by atoms with van der Waals surface area (Å²) in [6.07, 6.45) is 0. The summed E-state index contributed by atoms with van der Waals surface area (Å²) < 4.78 is 11.2. The highest BCUT2D eigenvalue weighted by molar-refractivity contribution is 5.47. The average Bonchev–Trinajstić information content (AvgIpc) is 2.34. The highest BCUT2D eigenvalue weighted by Gasteiger charge is 2.14. The van der Waals surface area contributed by atoms with Gasteiger partial charge >= 0.3 is 0 Å². The van der Waals surface area contributed by atoms with Crippen molar-refractivity contribution in [2.45, 2.75) is 6.54 Å². The van der Waals surface area contributed by atoms with Gasteiger partial charge in [0, 0.05) is 25.2 Å². The highest BCUT2D eigenvalue weighted by atomic mass is 16.6. The highest BCUT2D eigenvalue weighted by Crippen LogP contribution is 2.33. The minimum absolute atomic E-state index is 0.641. The number of fused-ring (bicyclic) bond motifs is 1. The van der Waals surface area contributed by atoms with Crippen molar-refractivity contribution in [3.8, 4) is 11.5 Å². The van der Waals surface area contributed by atoms with Crippen molar-refractivity contribution < 1.29 is 9.47 Å². The van der Waals surface area contributed by atoms with Crippen LogP contribution in [0.15, 0.2) is 18.2 Å². The fourth-order valence-corrected chi connectivity index (χ4v) is 1.80. The van der Waals surface area contributed by atoms with Gasteiger partial charge < -0.3 is 19.7 Å². The number of nitrogens with one attached hydrogen (secondary N) is 1.